The number of fused-ring (bicyclic) bond motifs is 1. The summed E-state index contributed by atoms with van der Waals surface area (Å²) in [7, 11) is 0. The van der Waals surface area contributed by atoms with Crippen molar-refractivity contribution in [1.29, 1.82) is 0 Å². The molecule has 3 amide bonds. The first-order chi connectivity index (χ1) is 15.9. The Labute approximate surface area is 197 Å². The minimum absolute atomic E-state index is 0.0516. The highest BCUT2D eigenvalue weighted by molar-refractivity contribution is 8.00. The molecule has 1 aromatic heterocycles. The van der Waals surface area contributed by atoms with Gasteiger partial charge in [0, 0.05) is 17.9 Å². The zero-order valence-corrected chi connectivity index (χ0v) is 19.1. The van der Waals surface area contributed by atoms with Crippen LogP contribution in [0, 0.1) is 5.92 Å². The van der Waals surface area contributed by atoms with Crippen molar-refractivity contribution in [2.75, 3.05) is 18.1 Å². The molecule has 4 N–H and O–H groups in total. The molecule has 2 atom stereocenters. The van der Waals surface area contributed by atoms with Gasteiger partial charge in [-0.25, -0.2) is 9.78 Å². The molecule has 0 spiro atoms. The highest BCUT2D eigenvalue weighted by Crippen LogP contribution is 2.46. The summed E-state index contributed by atoms with van der Waals surface area (Å²) in [5.74, 6) is -1.27. The topological polar surface area (TPSA) is 157 Å². The lowest BCUT2D eigenvalue weighted by Crippen LogP contribution is -2.70. The van der Waals surface area contributed by atoms with Crippen LogP contribution in [0.15, 0.2) is 33.9 Å². The molecule has 174 valence electrons. The van der Waals surface area contributed by atoms with E-state index < -0.39 is 23.3 Å². The first-order valence-electron chi connectivity index (χ1n) is 10.6. The number of nitrogens with zero attached hydrogens (tertiary/aromatic N) is 3. The van der Waals surface area contributed by atoms with Crippen molar-refractivity contribution in [1.82, 2.24) is 30.7 Å². The fourth-order valence-electron chi connectivity index (χ4n) is 4.31. The zero-order chi connectivity index (χ0) is 23.1. The number of amides is 3. The van der Waals surface area contributed by atoms with Crippen LogP contribution in [-0.2, 0) is 19.2 Å². The summed E-state index contributed by atoms with van der Waals surface area (Å²) in [5.41, 5.74) is 1.91. The van der Waals surface area contributed by atoms with E-state index in [2.05, 4.69) is 25.8 Å². The molecule has 1 saturated carbocycles. The van der Waals surface area contributed by atoms with Crippen molar-refractivity contribution in [3.8, 4) is 0 Å². The van der Waals surface area contributed by atoms with Crippen LogP contribution in [0.25, 0.3) is 0 Å². The van der Waals surface area contributed by atoms with Gasteiger partial charge in [-0.1, -0.05) is 11.8 Å². The van der Waals surface area contributed by atoms with Crippen molar-refractivity contribution in [2.45, 2.75) is 42.3 Å². The highest BCUT2D eigenvalue weighted by atomic mass is 32.2. The van der Waals surface area contributed by atoms with E-state index in [-0.39, 0.29) is 23.3 Å². The van der Waals surface area contributed by atoms with Gasteiger partial charge in [0.25, 0.3) is 5.91 Å². The first kappa shape index (κ1) is 22.0. The average molecular weight is 491 g/mol. The van der Waals surface area contributed by atoms with Crippen LogP contribution in [-0.4, -0.2) is 78.3 Å². The summed E-state index contributed by atoms with van der Waals surface area (Å²) in [6.07, 6.45) is 4.67. The molecule has 3 fully saturated rings. The molecule has 13 heteroatoms. The van der Waals surface area contributed by atoms with E-state index in [9.17, 15) is 24.3 Å². The number of aromatic amines is 1. The number of β-lactam (4-membered cyclic amide) rings is 1. The van der Waals surface area contributed by atoms with E-state index in [4.69, 9.17) is 0 Å². The van der Waals surface area contributed by atoms with Crippen LogP contribution in [0.1, 0.15) is 25.7 Å². The third-order valence-electron chi connectivity index (χ3n) is 6.07. The Hall–Kier alpha value is -2.80. The van der Waals surface area contributed by atoms with Gasteiger partial charge < -0.3 is 15.7 Å². The minimum Gasteiger partial charge on any atom is -0.477 e. The molecule has 5 rings (SSSR count). The Kier molecular flexibility index (Phi) is 5.91. The molecule has 3 aliphatic heterocycles. The second-order valence-corrected chi connectivity index (χ2v) is 10.3. The smallest absolute Gasteiger partial charge is 0.352 e. The number of H-pyrrole nitrogens is 1. The van der Waals surface area contributed by atoms with Gasteiger partial charge in [0.2, 0.25) is 11.8 Å². The number of hydrogen-bond donors (Lipinski definition) is 4. The number of aromatic nitrogens is 3. The Bertz CT molecular complexity index is 1080. The molecule has 4 aliphatic rings. The van der Waals surface area contributed by atoms with Crippen LogP contribution < -0.4 is 10.6 Å². The van der Waals surface area contributed by atoms with E-state index in [1.807, 2.05) is 0 Å². The van der Waals surface area contributed by atoms with Crippen LogP contribution in [0.2, 0.25) is 0 Å². The maximum absolute atomic E-state index is 12.9. The van der Waals surface area contributed by atoms with Gasteiger partial charge in [-0.05, 0) is 42.7 Å². The molecular formula is C20H22N6O5S2. The third kappa shape index (κ3) is 4.26. The molecule has 1 aliphatic carbocycles. The molecule has 4 heterocycles. The van der Waals surface area contributed by atoms with Crippen LogP contribution in [0.3, 0.4) is 0 Å². The predicted molar refractivity (Wildman–Crippen MR) is 119 cm³/mol. The highest BCUT2D eigenvalue weighted by Gasteiger charge is 2.54. The summed E-state index contributed by atoms with van der Waals surface area (Å²) in [6, 6.07) is -0.789. The minimum atomic E-state index is -1.19. The SMILES string of the molecule is O=C(CSc1ncn[nH]1)N[C@@H]1C(=O)N2C(C(=O)O)=C(C(CC3CC3)=C3CCNC3=O)CS[C@H]12. The number of rotatable bonds is 8. The lowest BCUT2D eigenvalue weighted by Gasteiger charge is -2.49. The molecule has 1 aromatic rings. The second-order valence-electron chi connectivity index (χ2n) is 8.28. The lowest BCUT2D eigenvalue weighted by molar-refractivity contribution is -0.150. The molecule has 0 unspecified atom stereocenters. The van der Waals surface area contributed by atoms with Crippen molar-refractivity contribution < 1.29 is 24.3 Å². The number of carbonyl (C=O) groups excluding carboxylic acids is 3. The van der Waals surface area contributed by atoms with Gasteiger partial charge in [0.15, 0.2) is 5.16 Å². The van der Waals surface area contributed by atoms with Gasteiger partial charge in [-0.2, -0.15) is 5.10 Å². The average Bonchev–Trinajstić information content (AvgIpc) is 3.27. The molecule has 2 saturated heterocycles. The van der Waals surface area contributed by atoms with Gasteiger partial charge in [0.05, 0.1) is 5.75 Å². The molecule has 33 heavy (non-hydrogen) atoms. The molecule has 0 radical (unpaired) electrons. The van der Waals surface area contributed by atoms with Gasteiger partial charge in [-0.3, -0.25) is 24.4 Å². The molecule has 0 bridgehead atoms. The largest absolute Gasteiger partial charge is 0.477 e. The standard InChI is InChI=1S/C20H22N6O5S2/c27-13(7-33-20-22-8-23-25-20)24-14-17(29)26-15(19(30)31)12(6-32-18(14)26)11(5-9-1-2-9)10-3-4-21-16(10)28/h8-9,14,18H,1-7H2,(H,21,28)(H,24,27)(H,30,31)(H,22,23,25)/t14-,18-/m1/s1. The summed E-state index contributed by atoms with van der Waals surface area (Å²) in [5, 5.41) is 21.9. The summed E-state index contributed by atoms with van der Waals surface area (Å²) >= 11 is 2.57. The van der Waals surface area contributed by atoms with Crippen LogP contribution in [0.4, 0.5) is 0 Å². The van der Waals surface area contributed by atoms with Gasteiger partial charge in [0.1, 0.15) is 23.4 Å². The molecule has 11 nitrogen and oxygen atoms in total. The van der Waals surface area contributed by atoms with E-state index in [1.54, 1.807) is 0 Å². The molecular weight excluding hydrogens is 468 g/mol. The fraction of sp³-hybridized carbons (Fsp3) is 0.500. The summed E-state index contributed by atoms with van der Waals surface area (Å²) < 4.78 is 0. The molecule has 0 aromatic carbocycles. The van der Waals surface area contributed by atoms with Gasteiger partial charge in [-0.15, -0.1) is 11.8 Å². The van der Waals surface area contributed by atoms with E-state index in [0.717, 1.165) is 30.2 Å². The Morgan fingerprint density at radius 1 is 1.33 bits per heavy atom. The second kappa shape index (κ2) is 8.86. The summed E-state index contributed by atoms with van der Waals surface area (Å²) in [6.45, 7) is 0.538. The monoisotopic (exact) mass is 490 g/mol. The number of thioether (sulfide) groups is 2. The van der Waals surface area contributed by atoms with E-state index >= 15 is 0 Å². The maximum Gasteiger partial charge on any atom is 0.352 e. The Balaban J connectivity index is 1.36. The van der Waals surface area contributed by atoms with Crippen molar-refractivity contribution in [3.05, 3.63) is 28.7 Å². The number of carbonyl (C=O) groups is 4. The van der Waals surface area contributed by atoms with E-state index in [1.165, 1.54) is 23.0 Å². The number of carboxylic acids is 1. The zero-order valence-electron chi connectivity index (χ0n) is 17.5. The predicted octanol–water partition coefficient (Wildman–Crippen LogP) is 0.252. The normalized spacial score (nSPS) is 26.0. The number of hydrogen-bond acceptors (Lipinski definition) is 8. The van der Waals surface area contributed by atoms with Crippen molar-refractivity contribution in [3.63, 3.8) is 0 Å². The number of nitrogens with one attached hydrogen (secondary N) is 3. The number of allylic oxidation sites excluding steroid dienone is 1. The Morgan fingerprint density at radius 2 is 2.15 bits per heavy atom. The lowest BCUT2D eigenvalue weighted by atomic mass is 9.91. The third-order valence-corrected chi connectivity index (χ3v) is 8.23. The number of aliphatic carboxylic acids is 1. The quantitative estimate of drug-likeness (QED) is 0.228. The fourth-order valence-corrected chi connectivity index (χ4v) is 6.28. The van der Waals surface area contributed by atoms with Crippen molar-refractivity contribution >= 4 is 47.2 Å². The van der Waals surface area contributed by atoms with Crippen molar-refractivity contribution in [2.24, 2.45) is 5.92 Å². The summed E-state index contributed by atoms with van der Waals surface area (Å²) in [4.78, 5) is 55.1. The van der Waals surface area contributed by atoms with Crippen LogP contribution in [0.5, 0.6) is 0 Å². The maximum atomic E-state index is 12.9. The van der Waals surface area contributed by atoms with Crippen LogP contribution >= 0.6 is 23.5 Å². The van der Waals surface area contributed by atoms with Gasteiger partial charge >= 0.3 is 5.97 Å². The Morgan fingerprint density at radius 3 is 2.79 bits per heavy atom. The number of carboxylic acid groups (broad SMARTS) is 1. The first-order valence-corrected chi connectivity index (χ1v) is 12.7. The van der Waals surface area contributed by atoms with E-state index in [0.29, 0.717) is 47.4 Å².